The van der Waals surface area contributed by atoms with Crippen molar-refractivity contribution in [3.05, 3.63) is 95.8 Å². The van der Waals surface area contributed by atoms with E-state index >= 15 is 0 Å². The molecule has 0 aliphatic heterocycles. The van der Waals surface area contributed by atoms with Crippen LogP contribution in [0.25, 0.3) is 0 Å². The number of benzene rings is 3. The molecule has 3 aromatic carbocycles. The molecule has 0 aliphatic rings. The maximum atomic E-state index is 14.0. The number of carbonyl (C=O) groups excluding carboxylic acids is 1. The molecule has 3 rings (SSSR count). The number of ether oxygens (including phenoxy) is 1. The molecule has 0 spiro atoms. The first kappa shape index (κ1) is 22.3. The summed E-state index contributed by atoms with van der Waals surface area (Å²) in [5.41, 5.74) is 1.62. The monoisotopic (exact) mass is 442 g/mol. The first-order valence-electron chi connectivity index (χ1n) is 9.57. The van der Waals surface area contributed by atoms with Gasteiger partial charge < -0.3 is 10.1 Å². The molecule has 0 saturated carbocycles. The Morgan fingerprint density at radius 1 is 0.968 bits per heavy atom. The van der Waals surface area contributed by atoms with Crippen molar-refractivity contribution in [1.29, 1.82) is 0 Å². The molecule has 0 unspecified atom stereocenters. The predicted molar refractivity (Wildman–Crippen MR) is 118 cm³/mol. The van der Waals surface area contributed by atoms with Gasteiger partial charge in [-0.25, -0.2) is 12.8 Å². The van der Waals surface area contributed by atoms with Crippen molar-refractivity contribution in [3.63, 3.8) is 0 Å². The van der Waals surface area contributed by atoms with E-state index in [1.807, 2.05) is 30.3 Å². The van der Waals surface area contributed by atoms with E-state index in [1.165, 1.54) is 6.07 Å². The molecule has 3 aromatic rings. The summed E-state index contributed by atoms with van der Waals surface area (Å²) < 4.78 is 45.1. The molecule has 0 saturated heterocycles. The minimum Gasteiger partial charge on any atom is -0.484 e. The molecule has 0 radical (unpaired) electrons. The topological polar surface area (TPSA) is 75.7 Å². The average molecular weight is 443 g/mol. The summed E-state index contributed by atoms with van der Waals surface area (Å²) in [6.07, 6.45) is 1.06. The van der Waals surface area contributed by atoms with Crippen molar-refractivity contribution in [1.82, 2.24) is 5.32 Å². The van der Waals surface area contributed by atoms with Crippen molar-refractivity contribution in [2.75, 3.05) is 17.2 Å². The van der Waals surface area contributed by atoms with Gasteiger partial charge in [-0.3, -0.25) is 9.10 Å². The Hall–Kier alpha value is -3.39. The molecule has 6 nitrogen and oxygen atoms in total. The van der Waals surface area contributed by atoms with Crippen LogP contribution in [0.1, 0.15) is 11.1 Å². The van der Waals surface area contributed by atoms with E-state index in [4.69, 9.17) is 4.74 Å². The number of halogens is 1. The Kier molecular flexibility index (Phi) is 7.25. The SMILES string of the molecule is CS(=O)(=O)N(Cc1ccccc1F)c1ccc(OCC(=O)NCc2ccccc2)cc1. The minimum absolute atomic E-state index is 0.131. The smallest absolute Gasteiger partial charge is 0.258 e. The molecule has 8 heteroatoms. The number of anilines is 1. The standard InChI is InChI=1S/C23H23FN2O4S/c1-31(28,29)26(16-19-9-5-6-10-22(19)24)20-11-13-21(14-12-20)30-17-23(27)25-15-18-7-3-2-4-8-18/h2-14H,15-17H2,1H3,(H,25,27). The van der Waals surface area contributed by atoms with Gasteiger partial charge in [0.25, 0.3) is 5.91 Å². The highest BCUT2D eigenvalue weighted by molar-refractivity contribution is 7.92. The fourth-order valence-corrected chi connectivity index (χ4v) is 3.76. The maximum absolute atomic E-state index is 14.0. The molecule has 1 amide bonds. The third-order valence-corrected chi connectivity index (χ3v) is 5.64. The van der Waals surface area contributed by atoms with Crippen LogP contribution in [0.5, 0.6) is 5.75 Å². The van der Waals surface area contributed by atoms with E-state index in [1.54, 1.807) is 42.5 Å². The number of amides is 1. The Morgan fingerprint density at radius 3 is 2.26 bits per heavy atom. The van der Waals surface area contributed by atoms with E-state index in [9.17, 15) is 17.6 Å². The van der Waals surface area contributed by atoms with Crippen molar-refractivity contribution >= 4 is 21.6 Å². The zero-order chi connectivity index (χ0) is 22.3. The number of rotatable bonds is 9. The van der Waals surface area contributed by atoms with E-state index in [0.717, 1.165) is 16.1 Å². The van der Waals surface area contributed by atoms with Crippen LogP contribution < -0.4 is 14.4 Å². The van der Waals surface area contributed by atoms with Crippen LogP contribution in [-0.4, -0.2) is 27.2 Å². The summed E-state index contributed by atoms with van der Waals surface area (Å²) in [7, 11) is -3.64. The van der Waals surface area contributed by atoms with Gasteiger partial charge in [0.15, 0.2) is 6.61 Å². The highest BCUT2D eigenvalue weighted by Crippen LogP contribution is 2.24. The molecule has 1 N–H and O–H groups in total. The molecule has 31 heavy (non-hydrogen) atoms. The van der Waals surface area contributed by atoms with Crippen LogP contribution in [0.4, 0.5) is 10.1 Å². The summed E-state index contributed by atoms with van der Waals surface area (Å²) in [5, 5.41) is 2.76. The van der Waals surface area contributed by atoms with Gasteiger partial charge in [0, 0.05) is 12.1 Å². The average Bonchev–Trinajstić information content (AvgIpc) is 2.76. The van der Waals surface area contributed by atoms with E-state index in [2.05, 4.69) is 5.32 Å². The molecule has 0 fully saturated rings. The Bertz CT molecular complexity index is 1120. The number of sulfonamides is 1. The van der Waals surface area contributed by atoms with Crippen molar-refractivity contribution < 1.29 is 22.3 Å². The first-order chi connectivity index (χ1) is 14.8. The lowest BCUT2D eigenvalue weighted by Crippen LogP contribution is -2.29. The highest BCUT2D eigenvalue weighted by atomic mass is 32.2. The number of nitrogens with zero attached hydrogens (tertiary/aromatic N) is 1. The number of carbonyl (C=O) groups is 1. The molecule has 0 atom stereocenters. The molecular formula is C23H23FN2O4S. The second kappa shape index (κ2) is 10.1. The van der Waals surface area contributed by atoms with Gasteiger partial charge in [-0.05, 0) is 35.9 Å². The van der Waals surface area contributed by atoms with E-state index < -0.39 is 15.8 Å². The Labute approximate surface area is 181 Å². The van der Waals surface area contributed by atoms with E-state index in [0.29, 0.717) is 18.0 Å². The number of nitrogens with one attached hydrogen (secondary N) is 1. The van der Waals surface area contributed by atoms with Crippen LogP contribution in [0.3, 0.4) is 0 Å². The highest BCUT2D eigenvalue weighted by Gasteiger charge is 2.19. The van der Waals surface area contributed by atoms with Crippen LogP contribution in [0.15, 0.2) is 78.9 Å². The number of hydrogen-bond donors (Lipinski definition) is 1. The van der Waals surface area contributed by atoms with Gasteiger partial charge in [-0.1, -0.05) is 48.5 Å². The van der Waals surface area contributed by atoms with Crippen molar-refractivity contribution in [2.24, 2.45) is 0 Å². The normalized spacial score (nSPS) is 11.0. The lowest BCUT2D eigenvalue weighted by molar-refractivity contribution is -0.123. The predicted octanol–water partition coefficient (Wildman–Crippen LogP) is 3.49. The molecule has 162 valence electrons. The fourth-order valence-electron chi connectivity index (χ4n) is 2.89. The van der Waals surface area contributed by atoms with E-state index in [-0.39, 0.29) is 24.6 Å². The molecule has 0 aromatic heterocycles. The van der Waals surface area contributed by atoms with Crippen molar-refractivity contribution in [3.8, 4) is 5.75 Å². The third-order valence-electron chi connectivity index (χ3n) is 4.50. The van der Waals surface area contributed by atoms with Gasteiger partial charge in [-0.15, -0.1) is 0 Å². The molecule has 0 bridgehead atoms. The third kappa shape index (κ3) is 6.55. The zero-order valence-corrected chi connectivity index (χ0v) is 17.8. The number of hydrogen-bond acceptors (Lipinski definition) is 4. The molecular weight excluding hydrogens is 419 g/mol. The van der Waals surface area contributed by atoms with Gasteiger partial charge in [0.1, 0.15) is 11.6 Å². The second-order valence-corrected chi connectivity index (χ2v) is 8.81. The largest absolute Gasteiger partial charge is 0.484 e. The Morgan fingerprint density at radius 2 is 1.61 bits per heavy atom. The maximum Gasteiger partial charge on any atom is 0.258 e. The summed E-state index contributed by atoms with van der Waals surface area (Å²) >= 11 is 0. The summed E-state index contributed by atoms with van der Waals surface area (Å²) in [6.45, 7) is 0.103. The van der Waals surface area contributed by atoms with Gasteiger partial charge in [0.05, 0.1) is 18.5 Å². The lowest BCUT2D eigenvalue weighted by Gasteiger charge is -2.23. The quantitative estimate of drug-likeness (QED) is 0.551. The van der Waals surface area contributed by atoms with Gasteiger partial charge in [0.2, 0.25) is 10.0 Å². The first-order valence-corrected chi connectivity index (χ1v) is 11.4. The molecule has 0 aliphatic carbocycles. The Balaban J connectivity index is 1.60. The van der Waals surface area contributed by atoms with Crippen molar-refractivity contribution in [2.45, 2.75) is 13.1 Å². The van der Waals surface area contributed by atoms with Crippen LogP contribution in [0, 0.1) is 5.82 Å². The van der Waals surface area contributed by atoms with Crippen LogP contribution in [0.2, 0.25) is 0 Å². The fraction of sp³-hybridized carbons (Fsp3) is 0.174. The van der Waals surface area contributed by atoms with Crippen LogP contribution >= 0.6 is 0 Å². The molecule has 0 heterocycles. The van der Waals surface area contributed by atoms with Gasteiger partial charge in [-0.2, -0.15) is 0 Å². The summed E-state index contributed by atoms with van der Waals surface area (Å²) in [6, 6.07) is 21.8. The van der Waals surface area contributed by atoms with Crippen LogP contribution in [-0.2, 0) is 27.9 Å². The summed E-state index contributed by atoms with van der Waals surface area (Å²) in [4.78, 5) is 12.0. The summed E-state index contributed by atoms with van der Waals surface area (Å²) in [5.74, 6) is -0.333. The zero-order valence-electron chi connectivity index (χ0n) is 17.0. The lowest BCUT2D eigenvalue weighted by atomic mass is 10.2. The second-order valence-electron chi connectivity index (χ2n) is 6.91. The minimum atomic E-state index is -3.64. The van der Waals surface area contributed by atoms with Gasteiger partial charge >= 0.3 is 0 Å².